The molecular formula is C12H20NO3P. The predicted octanol–water partition coefficient (Wildman–Crippen LogP) is 3.63. The lowest BCUT2D eigenvalue weighted by atomic mass is 10.4. The zero-order valence-electron chi connectivity index (χ0n) is 10.5. The van der Waals surface area contributed by atoms with E-state index >= 15 is 0 Å². The quantitative estimate of drug-likeness (QED) is 0.667. The molecule has 0 amide bonds. The molecule has 17 heavy (non-hydrogen) atoms. The van der Waals surface area contributed by atoms with Crippen molar-refractivity contribution in [2.75, 3.05) is 13.2 Å². The molecule has 0 aliphatic rings. The second-order valence-electron chi connectivity index (χ2n) is 3.76. The van der Waals surface area contributed by atoms with Gasteiger partial charge in [0.15, 0.2) is 0 Å². The summed E-state index contributed by atoms with van der Waals surface area (Å²) in [6.07, 6.45) is 3.57. The third kappa shape index (κ3) is 5.44. The lowest BCUT2D eigenvalue weighted by Crippen LogP contribution is -2.02. The first-order chi connectivity index (χ1) is 8.20. The Hall–Kier alpha value is -0.700. The van der Waals surface area contributed by atoms with Crippen LogP contribution in [0.4, 0.5) is 0 Å². The Kier molecular flexibility index (Phi) is 6.41. The first kappa shape index (κ1) is 14.4. The van der Waals surface area contributed by atoms with Gasteiger partial charge in [0.05, 0.1) is 25.1 Å². The Morgan fingerprint density at radius 3 is 2.29 bits per heavy atom. The Morgan fingerprint density at radius 1 is 1.18 bits per heavy atom. The summed E-state index contributed by atoms with van der Waals surface area (Å²) in [7, 11) is -3.04. The number of hydrogen-bond acceptors (Lipinski definition) is 4. The van der Waals surface area contributed by atoms with Crippen LogP contribution in [0.2, 0.25) is 0 Å². The second-order valence-corrected chi connectivity index (χ2v) is 5.81. The van der Waals surface area contributed by atoms with Crippen LogP contribution in [-0.2, 0) is 19.8 Å². The summed E-state index contributed by atoms with van der Waals surface area (Å²) in [6, 6.07) is 5.53. The van der Waals surface area contributed by atoms with E-state index in [2.05, 4.69) is 4.98 Å². The zero-order chi connectivity index (χ0) is 12.6. The van der Waals surface area contributed by atoms with Crippen LogP contribution in [-0.4, -0.2) is 18.2 Å². The van der Waals surface area contributed by atoms with E-state index in [0.717, 1.165) is 18.5 Å². The van der Waals surface area contributed by atoms with Crippen molar-refractivity contribution in [1.82, 2.24) is 4.98 Å². The van der Waals surface area contributed by atoms with Gasteiger partial charge in [0.25, 0.3) is 0 Å². The van der Waals surface area contributed by atoms with Gasteiger partial charge in [-0.05, 0) is 25.0 Å². The van der Waals surface area contributed by atoms with Gasteiger partial charge in [-0.1, -0.05) is 19.9 Å². The van der Waals surface area contributed by atoms with E-state index in [1.807, 2.05) is 32.0 Å². The molecule has 0 aliphatic heterocycles. The van der Waals surface area contributed by atoms with E-state index in [0.29, 0.717) is 13.2 Å². The van der Waals surface area contributed by atoms with Gasteiger partial charge < -0.3 is 9.05 Å². The molecule has 0 saturated carbocycles. The Morgan fingerprint density at radius 2 is 1.82 bits per heavy atom. The van der Waals surface area contributed by atoms with Crippen molar-refractivity contribution in [2.45, 2.75) is 32.9 Å². The molecule has 0 saturated heterocycles. The number of aromatic nitrogens is 1. The highest BCUT2D eigenvalue weighted by molar-refractivity contribution is 7.53. The highest BCUT2D eigenvalue weighted by Gasteiger charge is 2.25. The van der Waals surface area contributed by atoms with Crippen LogP contribution in [0.25, 0.3) is 0 Å². The lowest BCUT2D eigenvalue weighted by molar-refractivity contribution is 0.203. The molecule has 0 bridgehead atoms. The number of nitrogens with zero attached hydrogens (tertiary/aromatic N) is 1. The maximum Gasteiger partial charge on any atom is 0.336 e. The van der Waals surface area contributed by atoms with Crippen molar-refractivity contribution < 1.29 is 13.6 Å². The fraction of sp³-hybridized carbons (Fsp3) is 0.583. The molecule has 96 valence electrons. The summed E-state index contributed by atoms with van der Waals surface area (Å²) in [5.74, 6) is 0. The van der Waals surface area contributed by atoms with Crippen molar-refractivity contribution in [3.05, 3.63) is 30.1 Å². The average molecular weight is 257 g/mol. The number of pyridine rings is 1. The standard InChI is InChI=1S/C12H20NO3P/c1-3-9-15-17(14,16-10-4-2)11-12-7-5-6-8-13-12/h5-8H,3-4,9-11H2,1-2H3. The third-order valence-corrected chi connectivity index (χ3v) is 3.93. The molecular weight excluding hydrogens is 237 g/mol. The van der Waals surface area contributed by atoms with Crippen molar-refractivity contribution in [2.24, 2.45) is 0 Å². The second kappa shape index (κ2) is 7.59. The van der Waals surface area contributed by atoms with Crippen molar-refractivity contribution in [3.8, 4) is 0 Å². The fourth-order valence-corrected chi connectivity index (χ4v) is 3.04. The molecule has 5 heteroatoms. The molecule has 4 nitrogen and oxygen atoms in total. The van der Waals surface area contributed by atoms with E-state index in [1.165, 1.54) is 0 Å². The first-order valence-electron chi connectivity index (χ1n) is 5.98. The number of hydrogen-bond donors (Lipinski definition) is 0. The van der Waals surface area contributed by atoms with Crippen molar-refractivity contribution in [1.29, 1.82) is 0 Å². The average Bonchev–Trinajstić information content (AvgIpc) is 2.35. The van der Waals surface area contributed by atoms with Gasteiger partial charge in [-0.2, -0.15) is 0 Å². The van der Waals surface area contributed by atoms with Gasteiger partial charge in [0, 0.05) is 6.20 Å². The molecule has 0 aliphatic carbocycles. The first-order valence-corrected chi connectivity index (χ1v) is 7.71. The van der Waals surface area contributed by atoms with E-state index in [4.69, 9.17) is 9.05 Å². The van der Waals surface area contributed by atoms with Crippen LogP contribution in [0.3, 0.4) is 0 Å². The summed E-state index contributed by atoms with van der Waals surface area (Å²) >= 11 is 0. The highest BCUT2D eigenvalue weighted by atomic mass is 31.2. The minimum Gasteiger partial charge on any atom is -0.308 e. The van der Waals surface area contributed by atoms with Crippen LogP contribution in [0.15, 0.2) is 24.4 Å². The van der Waals surface area contributed by atoms with Crippen LogP contribution in [0.1, 0.15) is 32.4 Å². The molecule has 1 rings (SSSR count). The van der Waals surface area contributed by atoms with E-state index in [1.54, 1.807) is 6.20 Å². The molecule has 0 N–H and O–H groups in total. The molecule has 1 heterocycles. The summed E-state index contributed by atoms with van der Waals surface area (Å²) in [6.45, 7) is 4.86. The third-order valence-electron chi connectivity index (χ3n) is 2.07. The van der Waals surface area contributed by atoms with Crippen LogP contribution in [0, 0.1) is 0 Å². The Balaban J connectivity index is 2.65. The minimum absolute atomic E-state index is 0.244. The smallest absolute Gasteiger partial charge is 0.308 e. The molecule has 0 spiro atoms. The summed E-state index contributed by atoms with van der Waals surface area (Å²) in [4.78, 5) is 4.15. The van der Waals surface area contributed by atoms with E-state index in [9.17, 15) is 4.57 Å². The Bertz CT molecular complexity index is 344. The summed E-state index contributed by atoms with van der Waals surface area (Å²) in [5, 5.41) is 0. The monoisotopic (exact) mass is 257 g/mol. The van der Waals surface area contributed by atoms with Crippen LogP contribution < -0.4 is 0 Å². The minimum atomic E-state index is -3.04. The van der Waals surface area contributed by atoms with Crippen molar-refractivity contribution in [3.63, 3.8) is 0 Å². The molecule has 0 radical (unpaired) electrons. The van der Waals surface area contributed by atoms with Gasteiger partial charge in [-0.25, -0.2) is 0 Å². The lowest BCUT2D eigenvalue weighted by Gasteiger charge is -2.17. The molecule has 0 aromatic carbocycles. The van der Waals surface area contributed by atoms with E-state index < -0.39 is 7.60 Å². The van der Waals surface area contributed by atoms with Crippen LogP contribution in [0.5, 0.6) is 0 Å². The van der Waals surface area contributed by atoms with Crippen molar-refractivity contribution >= 4 is 7.60 Å². The predicted molar refractivity (Wildman–Crippen MR) is 68.0 cm³/mol. The molecule has 0 atom stereocenters. The van der Waals surface area contributed by atoms with Gasteiger partial charge in [-0.15, -0.1) is 0 Å². The Labute approximate surface area is 103 Å². The normalized spacial score (nSPS) is 11.6. The SMILES string of the molecule is CCCOP(=O)(Cc1ccccn1)OCCC. The summed E-state index contributed by atoms with van der Waals surface area (Å²) < 4.78 is 23.2. The van der Waals surface area contributed by atoms with Crippen LogP contribution >= 0.6 is 7.60 Å². The summed E-state index contributed by atoms with van der Waals surface area (Å²) in [5.41, 5.74) is 0.739. The van der Waals surface area contributed by atoms with Gasteiger partial charge in [-0.3, -0.25) is 9.55 Å². The fourth-order valence-electron chi connectivity index (χ4n) is 1.28. The largest absolute Gasteiger partial charge is 0.336 e. The maximum atomic E-state index is 12.4. The number of rotatable bonds is 8. The van der Waals surface area contributed by atoms with Gasteiger partial charge in [0.2, 0.25) is 0 Å². The zero-order valence-corrected chi connectivity index (χ0v) is 11.4. The van der Waals surface area contributed by atoms with Gasteiger partial charge in [0.1, 0.15) is 0 Å². The molecule has 0 unspecified atom stereocenters. The van der Waals surface area contributed by atoms with Gasteiger partial charge >= 0.3 is 7.60 Å². The highest BCUT2D eigenvalue weighted by Crippen LogP contribution is 2.51. The molecule has 1 aromatic rings. The molecule has 1 aromatic heterocycles. The topological polar surface area (TPSA) is 48.4 Å². The van der Waals surface area contributed by atoms with E-state index in [-0.39, 0.29) is 6.16 Å². The molecule has 0 fully saturated rings. The maximum absolute atomic E-state index is 12.4.